The largest absolute Gasteiger partial charge is 0.481 e. The monoisotopic (exact) mass is 249 g/mol. The van der Waals surface area contributed by atoms with Crippen molar-refractivity contribution in [2.75, 3.05) is 0 Å². The van der Waals surface area contributed by atoms with Gasteiger partial charge in [-0.15, -0.1) is 11.3 Å². The van der Waals surface area contributed by atoms with Crippen LogP contribution in [0, 0.1) is 0 Å². The molecule has 5 heteroatoms. The maximum absolute atomic E-state index is 10.3. The number of hydrogen-bond acceptors (Lipinski definition) is 3. The minimum atomic E-state index is -0.874. The number of halogens is 1. The number of aliphatic carboxylic acids is 1. The molecule has 0 aliphatic rings. The average molecular weight is 250 g/mol. The van der Waals surface area contributed by atoms with Crippen molar-refractivity contribution in [2.24, 2.45) is 5.73 Å². The molecule has 66 valence electrons. The van der Waals surface area contributed by atoms with Crippen LogP contribution in [0.3, 0.4) is 0 Å². The summed E-state index contributed by atoms with van der Waals surface area (Å²) < 4.78 is 0.913. The van der Waals surface area contributed by atoms with Gasteiger partial charge in [-0.2, -0.15) is 0 Å². The van der Waals surface area contributed by atoms with Gasteiger partial charge < -0.3 is 10.8 Å². The first-order valence-electron chi connectivity index (χ1n) is 3.31. The van der Waals surface area contributed by atoms with E-state index in [0.29, 0.717) is 0 Å². The van der Waals surface area contributed by atoms with Gasteiger partial charge in [-0.3, -0.25) is 4.79 Å². The lowest BCUT2D eigenvalue weighted by Gasteiger charge is -2.06. The minimum absolute atomic E-state index is 0.0324. The molecule has 0 aromatic carbocycles. The lowest BCUT2D eigenvalue weighted by Crippen LogP contribution is -2.14. The lowest BCUT2D eigenvalue weighted by molar-refractivity contribution is -0.137. The van der Waals surface area contributed by atoms with E-state index >= 15 is 0 Å². The van der Waals surface area contributed by atoms with E-state index in [2.05, 4.69) is 15.9 Å². The molecule has 0 bridgehead atoms. The third-order valence-electron chi connectivity index (χ3n) is 1.44. The first-order valence-corrected chi connectivity index (χ1v) is 4.99. The van der Waals surface area contributed by atoms with Crippen LogP contribution in [0.1, 0.15) is 18.0 Å². The van der Waals surface area contributed by atoms with E-state index in [4.69, 9.17) is 10.8 Å². The maximum atomic E-state index is 10.3. The number of carboxylic acids is 1. The Morgan fingerprint density at radius 1 is 1.83 bits per heavy atom. The third kappa shape index (κ3) is 2.30. The second-order valence-electron chi connectivity index (χ2n) is 2.35. The molecular formula is C7H8BrNO2S. The molecule has 1 atom stereocenters. The normalized spacial score (nSPS) is 12.8. The summed E-state index contributed by atoms with van der Waals surface area (Å²) in [5, 5.41) is 10.4. The van der Waals surface area contributed by atoms with Crippen LogP contribution in [0.4, 0.5) is 0 Å². The molecule has 0 spiro atoms. The molecule has 0 unspecified atom stereocenters. The maximum Gasteiger partial charge on any atom is 0.305 e. The van der Waals surface area contributed by atoms with Crippen molar-refractivity contribution in [1.82, 2.24) is 0 Å². The molecule has 0 saturated heterocycles. The molecule has 1 rings (SSSR count). The van der Waals surface area contributed by atoms with Crippen molar-refractivity contribution in [3.63, 3.8) is 0 Å². The highest BCUT2D eigenvalue weighted by molar-refractivity contribution is 9.11. The van der Waals surface area contributed by atoms with E-state index in [-0.39, 0.29) is 6.42 Å². The van der Waals surface area contributed by atoms with Crippen LogP contribution in [0.15, 0.2) is 15.2 Å². The third-order valence-corrected chi connectivity index (χ3v) is 3.17. The second-order valence-corrected chi connectivity index (χ2v) is 4.59. The predicted octanol–water partition coefficient (Wildman–Crippen LogP) is 1.99. The molecule has 3 N–H and O–H groups in total. The number of rotatable bonds is 3. The first kappa shape index (κ1) is 9.70. The summed E-state index contributed by atoms with van der Waals surface area (Å²) in [5.74, 6) is -0.874. The standard InChI is InChI=1S/C7H8BrNO2S/c8-7-4(1-2-12-7)5(9)3-6(10)11/h1-2,5H,3,9H2,(H,10,11)/t5-/m1/s1. The Morgan fingerprint density at radius 3 is 2.92 bits per heavy atom. The van der Waals surface area contributed by atoms with E-state index < -0.39 is 12.0 Å². The Labute approximate surface area is 82.3 Å². The van der Waals surface area contributed by atoms with E-state index in [9.17, 15) is 4.79 Å². The Kier molecular flexibility index (Phi) is 3.25. The molecule has 3 nitrogen and oxygen atoms in total. The smallest absolute Gasteiger partial charge is 0.305 e. The van der Waals surface area contributed by atoms with Gasteiger partial charge in [0.1, 0.15) is 0 Å². The average Bonchev–Trinajstić information content (AvgIpc) is 2.33. The van der Waals surface area contributed by atoms with Gasteiger partial charge >= 0.3 is 5.97 Å². The quantitative estimate of drug-likeness (QED) is 0.862. The Hall–Kier alpha value is -0.390. The fraction of sp³-hybridized carbons (Fsp3) is 0.286. The molecule has 0 amide bonds. The van der Waals surface area contributed by atoms with Crippen LogP contribution in [-0.2, 0) is 4.79 Å². The Morgan fingerprint density at radius 2 is 2.50 bits per heavy atom. The highest BCUT2D eigenvalue weighted by Crippen LogP contribution is 2.28. The first-order chi connectivity index (χ1) is 5.61. The van der Waals surface area contributed by atoms with Crippen molar-refractivity contribution >= 4 is 33.2 Å². The second kappa shape index (κ2) is 4.02. The predicted molar refractivity (Wildman–Crippen MR) is 51.2 cm³/mol. The molecule has 0 aliphatic carbocycles. The highest BCUT2D eigenvalue weighted by atomic mass is 79.9. The van der Waals surface area contributed by atoms with Crippen molar-refractivity contribution in [3.8, 4) is 0 Å². The Balaban J connectivity index is 2.71. The van der Waals surface area contributed by atoms with Gasteiger partial charge in [0.25, 0.3) is 0 Å². The van der Waals surface area contributed by atoms with Gasteiger partial charge in [0, 0.05) is 6.04 Å². The zero-order chi connectivity index (χ0) is 9.14. The summed E-state index contributed by atoms with van der Waals surface area (Å²) in [6.45, 7) is 0. The summed E-state index contributed by atoms with van der Waals surface area (Å²) >= 11 is 4.81. The van der Waals surface area contributed by atoms with Crippen molar-refractivity contribution < 1.29 is 9.90 Å². The van der Waals surface area contributed by atoms with Gasteiger partial charge in [0.2, 0.25) is 0 Å². The van der Waals surface area contributed by atoms with E-state index in [0.717, 1.165) is 9.35 Å². The fourth-order valence-corrected chi connectivity index (χ4v) is 2.31. The Bertz CT molecular complexity index is 287. The molecule has 0 aliphatic heterocycles. The number of nitrogens with two attached hydrogens (primary N) is 1. The van der Waals surface area contributed by atoms with Gasteiger partial charge in [-0.05, 0) is 32.9 Å². The number of hydrogen-bond donors (Lipinski definition) is 2. The number of thiophene rings is 1. The molecular weight excluding hydrogens is 242 g/mol. The zero-order valence-corrected chi connectivity index (χ0v) is 8.56. The summed E-state index contributed by atoms with van der Waals surface area (Å²) in [6.07, 6.45) is -0.0324. The van der Waals surface area contributed by atoms with Crippen LogP contribution >= 0.6 is 27.3 Å². The fourth-order valence-electron chi connectivity index (χ4n) is 0.868. The van der Waals surface area contributed by atoms with Crippen LogP contribution in [0.25, 0.3) is 0 Å². The SMILES string of the molecule is N[C@H](CC(=O)O)c1ccsc1Br. The van der Waals surface area contributed by atoms with Gasteiger partial charge in [0.05, 0.1) is 10.2 Å². The molecule has 0 saturated carbocycles. The highest BCUT2D eigenvalue weighted by Gasteiger charge is 2.13. The number of carbonyl (C=O) groups is 1. The van der Waals surface area contributed by atoms with E-state index in [1.54, 1.807) is 0 Å². The van der Waals surface area contributed by atoms with Crippen LogP contribution in [0.2, 0.25) is 0 Å². The molecule has 0 fully saturated rings. The van der Waals surface area contributed by atoms with Crippen molar-refractivity contribution in [1.29, 1.82) is 0 Å². The summed E-state index contributed by atoms with van der Waals surface area (Å²) in [5.41, 5.74) is 6.50. The van der Waals surface area contributed by atoms with Crippen LogP contribution < -0.4 is 5.73 Å². The summed E-state index contributed by atoms with van der Waals surface area (Å²) in [6, 6.07) is 1.42. The molecule has 0 radical (unpaired) electrons. The molecule has 1 heterocycles. The lowest BCUT2D eigenvalue weighted by atomic mass is 10.1. The molecule has 1 aromatic heterocycles. The number of carboxylic acid groups (broad SMARTS) is 1. The van der Waals surface area contributed by atoms with E-state index in [1.165, 1.54) is 11.3 Å². The van der Waals surface area contributed by atoms with Gasteiger partial charge in [-0.1, -0.05) is 0 Å². The zero-order valence-electron chi connectivity index (χ0n) is 6.16. The molecule has 12 heavy (non-hydrogen) atoms. The topological polar surface area (TPSA) is 63.3 Å². The van der Waals surface area contributed by atoms with Crippen molar-refractivity contribution in [2.45, 2.75) is 12.5 Å². The molecule has 1 aromatic rings. The van der Waals surface area contributed by atoms with E-state index in [1.807, 2.05) is 11.4 Å². The minimum Gasteiger partial charge on any atom is -0.481 e. The van der Waals surface area contributed by atoms with Crippen LogP contribution in [0.5, 0.6) is 0 Å². The van der Waals surface area contributed by atoms with Crippen LogP contribution in [-0.4, -0.2) is 11.1 Å². The van der Waals surface area contributed by atoms with Crippen molar-refractivity contribution in [3.05, 3.63) is 20.8 Å². The van der Waals surface area contributed by atoms with Gasteiger partial charge in [-0.25, -0.2) is 0 Å². The van der Waals surface area contributed by atoms with Gasteiger partial charge in [0.15, 0.2) is 0 Å². The summed E-state index contributed by atoms with van der Waals surface area (Å²) in [4.78, 5) is 10.3. The summed E-state index contributed by atoms with van der Waals surface area (Å²) in [7, 11) is 0.